The Hall–Kier alpha value is -1.63. The van der Waals surface area contributed by atoms with E-state index in [1.807, 2.05) is 6.92 Å². The molecule has 7 nitrogen and oxygen atoms in total. The molecule has 0 saturated heterocycles. The van der Waals surface area contributed by atoms with E-state index >= 15 is 0 Å². The minimum atomic E-state index is -1.08. The van der Waals surface area contributed by atoms with Crippen molar-refractivity contribution in [1.29, 1.82) is 0 Å². The predicted octanol–water partition coefficient (Wildman–Crippen LogP) is -0.236. The smallest absolute Gasteiger partial charge is 0.317 e. The molecule has 0 aromatic carbocycles. The molecule has 0 unspecified atom stereocenters. The molecule has 0 aromatic rings. The van der Waals surface area contributed by atoms with Crippen LogP contribution in [-0.2, 0) is 14.4 Å². The highest BCUT2D eigenvalue weighted by atomic mass is 16.4. The van der Waals surface area contributed by atoms with Crippen LogP contribution in [0.4, 0.5) is 0 Å². The molecule has 0 radical (unpaired) electrons. The van der Waals surface area contributed by atoms with Crippen LogP contribution in [-0.4, -0.2) is 59.1 Å². The van der Waals surface area contributed by atoms with Gasteiger partial charge in [0.25, 0.3) is 0 Å². The Morgan fingerprint density at radius 2 is 1.78 bits per heavy atom. The summed E-state index contributed by atoms with van der Waals surface area (Å²) in [6, 6.07) is 0. The fourth-order valence-corrected chi connectivity index (χ4v) is 1.32. The molecular formula is C11H20N2O5. The maximum Gasteiger partial charge on any atom is 0.317 e. The number of aliphatic carboxylic acids is 2. The van der Waals surface area contributed by atoms with Crippen molar-refractivity contribution in [2.75, 3.05) is 26.2 Å². The molecule has 0 fully saturated rings. The molecule has 7 heteroatoms. The van der Waals surface area contributed by atoms with E-state index in [2.05, 4.69) is 5.32 Å². The van der Waals surface area contributed by atoms with Gasteiger partial charge in [-0.3, -0.25) is 19.3 Å². The van der Waals surface area contributed by atoms with E-state index in [0.29, 0.717) is 6.54 Å². The Kier molecular flexibility index (Phi) is 8.55. The number of carbonyl (C=O) groups is 3. The first-order valence-electron chi connectivity index (χ1n) is 5.88. The number of rotatable bonds is 10. The molecule has 0 aromatic heterocycles. The third-order valence-electron chi connectivity index (χ3n) is 2.22. The topological polar surface area (TPSA) is 107 Å². The molecule has 0 bridgehead atoms. The molecule has 0 heterocycles. The SMILES string of the molecule is CCCCNC(=O)CN(CCC(=O)O)CC(=O)O. The normalized spacial score (nSPS) is 10.3. The van der Waals surface area contributed by atoms with Crippen molar-refractivity contribution in [3.63, 3.8) is 0 Å². The molecule has 0 spiro atoms. The monoisotopic (exact) mass is 260 g/mol. The van der Waals surface area contributed by atoms with Gasteiger partial charge in [0, 0.05) is 13.1 Å². The van der Waals surface area contributed by atoms with Gasteiger partial charge in [0.2, 0.25) is 5.91 Å². The zero-order valence-corrected chi connectivity index (χ0v) is 10.5. The van der Waals surface area contributed by atoms with Crippen molar-refractivity contribution >= 4 is 17.8 Å². The minimum absolute atomic E-state index is 0.0445. The molecule has 0 aliphatic rings. The molecule has 0 saturated carbocycles. The van der Waals surface area contributed by atoms with Crippen LogP contribution in [0, 0.1) is 0 Å². The largest absolute Gasteiger partial charge is 0.481 e. The average molecular weight is 260 g/mol. The van der Waals surface area contributed by atoms with Gasteiger partial charge in [-0.15, -0.1) is 0 Å². The number of carboxylic acid groups (broad SMARTS) is 2. The summed E-state index contributed by atoms with van der Waals surface area (Å²) >= 11 is 0. The quantitative estimate of drug-likeness (QED) is 0.468. The van der Waals surface area contributed by atoms with E-state index in [4.69, 9.17) is 10.2 Å². The molecule has 1 amide bonds. The van der Waals surface area contributed by atoms with Gasteiger partial charge in [0.05, 0.1) is 19.5 Å². The lowest BCUT2D eigenvalue weighted by Crippen LogP contribution is -2.41. The zero-order valence-electron chi connectivity index (χ0n) is 10.5. The number of amides is 1. The lowest BCUT2D eigenvalue weighted by Gasteiger charge is -2.18. The van der Waals surface area contributed by atoms with Crippen LogP contribution >= 0.6 is 0 Å². The Balaban J connectivity index is 4.08. The molecule has 3 N–H and O–H groups in total. The number of nitrogens with zero attached hydrogens (tertiary/aromatic N) is 1. The van der Waals surface area contributed by atoms with Gasteiger partial charge in [-0.05, 0) is 6.42 Å². The molecule has 0 aliphatic carbocycles. The Labute approximate surface area is 106 Å². The van der Waals surface area contributed by atoms with Crippen LogP contribution in [0.1, 0.15) is 26.2 Å². The second-order valence-electron chi connectivity index (χ2n) is 3.95. The first kappa shape index (κ1) is 16.4. The van der Waals surface area contributed by atoms with Crippen molar-refractivity contribution < 1.29 is 24.6 Å². The third-order valence-corrected chi connectivity index (χ3v) is 2.22. The van der Waals surface area contributed by atoms with E-state index in [9.17, 15) is 14.4 Å². The summed E-state index contributed by atoms with van der Waals surface area (Å²) in [4.78, 5) is 33.8. The zero-order chi connectivity index (χ0) is 14.0. The molecule has 18 heavy (non-hydrogen) atoms. The second kappa shape index (κ2) is 9.41. The van der Waals surface area contributed by atoms with Crippen molar-refractivity contribution in [3.05, 3.63) is 0 Å². The highest BCUT2D eigenvalue weighted by Gasteiger charge is 2.14. The number of hydrogen-bond acceptors (Lipinski definition) is 4. The number of nitrogens with one attached hydrogen (secondary N) is 1. The van der Waals surface area contributed by atoms with Gasteiger partial charge >= 0.3 is 11.9 Å². The summed E-state index contributed by atoms with van der Waals surface area (Å²) in [7, 11) is 0. The lowest BCUT2D eigenvalue weighted by atomic mass is 10.3. The number of carboxylic acids is 2. The van der Waals surface area contributed by atoms with Crippen molar-refractivity contribution in [3.8, 4) is 0 Å². The van der Waals surface area contributed by atoms with E-state index in [-0.39, 0.29) is 32.0 Å². The second-order valence-corrected chi connectivity index (χ2v) is 3.95. The first-order valence-corrected chi connectivity index (χ1v) is 5.88. The molecule has 0 atom stereocenters. The lowest BCUT2D eigenvalue weighted by molar-refractivity contribution is -0.141. The number of carbonyl (C=O) groups excluding carboxylic acids is 1. The van der Waals surface area contributed by atoms with E-state index in [0.717, 1.165) is 12.8 Å². The van der Waals surface area contributed by atoms with Crippen LogP contribution in [0.25, 0.3) is 0 Å². The molecule has 0 aliphatic heterocycles. The minimum Gasteiger partial charge on any atom is -0.481 e. The van der Waals surface area contributed by atoms with E-state index < -0.39 is 11.9 Å². The van der Waals surface area contributed by atoms with Crippen molar-refractivity contribution in [1.82, 2.24) is 10.2 Å². The van der Waals surface area contributed by atoms with Crippen molar-refractivity contribution in [2.24, 2.45) is 0 Å². The Morgan fingerprint density at radius 1 is 1.11 bits per heavy atom. The van der Waals surface area contributed by atoms with Gasteiger partial charge in [-0.2, -0.15) is 0 Å². The Bertz CT molecular complexity index is 293. The van der Waals surface area contributed by atoms with Gasteiger partial charge in [-0.1, -0.05) is 13.3 Å². The van der Waals surface area contributed by atoms with Gasteiger partial charge in [0.1, 0.15) is 0 Å². The van der Waals surface area contributed by atoms with Crippen LogP contribution in [0.5, 0.6) is 0 Å². The summed E-state index contributed by atoms with van der Waals surface area (Å²) in [5.74, 6) is -2.38. The fourth-order valence-electron chi connectivity index (χ4n) is 1.32. The summed E-state index contributed by atoms with van der Waals surface area (Å²) in [6.45, 7) is 2.16. The standard InChI is InChI=1S/C11H20N2O5/c1-2-3-5-12-9(14)7-13(8-11(17)18)6-4-10(15)16/h2-8H2,1H3,(H,12,14)(H,15,16)(H,17,18). The predicted molar refractivity (Wildman–Crippen MR) is 64.2 cm³/mol. The Morgan fingerprint density at radius 3 is 2.28 bits per heavy atom. The highest BCUT2D eigenvalue weighted by Crippen LogP contribution is 1.93. The molecular weight excluding hydrogens is 240 g/mol. The van der Waals surface area contributed by atoms with Crippen LogP contribution in [0.15, 0.2) is 0 Å². The maximum absolute atomic E-state index is 11.5. The van der Waals surface area contributed by atoms with Crippen LogP contribution < -0.4 is 5.32 Å². The summed E-state index contributed by atoms with van der Waals surface area (Å²) in [5.41, 5.74) is 0. The number of hydrogen-bond donors (Lipinski definition) is 3. The number of unbranched alkanes of at least 4 members (excludes halogenated alkanes) is 1. The van der Waals surface area contributed by atoms with Crippen molar-refractivity contribution in [2.45, 2.75) is 26.2 Å². The third kappa shape index (κ3) is 9.59. The summed E-state index contributed by atoms with van der Waals surface area (Å²) in [6.07, 6.45) is 1.63. The maximum atomic E-state index is 11.5. The van der Waals surface area contributed by atoms with Crippen LogP contribution in [0.3, 0.4) is 0 Å². The van der Waals surface area contributed by atoms with E-state index in [1.165, 1.54) is 4.90 Å². The van der Waals surface area contributed by atoms with Gasteiger partial charge in [-0.25, -0.2) is 0 Å². The van der Waals surface area contributed by atoms with Crippen LogP contribution in [0.2, 0.25) is 0 Å². The fraction of sp³-hybridized carbons (Fsp3) is 0.727. The molecule has 0 rings (SSSR count). The first-order chi connectivity index (χ1) is 8.45. The highest BCUT2D eigenvalue weighted by molar-refractivity contribution is 5.79. The van der Waals surface area contributed by atoms with Gasteiger partial charge < -0.3 is 15.5 Å². The average Bonchev–Trinajstić information content (AvgIpc) is 2.25. The summed E-state index contributed by atoms with van der Waals surface area (Å²) < 4.78 is 0. The van der Waals surface area contributed by atoms with E-state index in [1.54, 1.807) is 0 Å². The van der Waals surface area contributed by atoms with Gasteiger partial charge in [0.15, 0.2) is 0 Å². The summed E-state index contributed by atoms with van der Waals surface area (Å²) in [5, 5.41) is 19.8. The molecule has 104 valence electrons.